The number of aryl methyl sites for hydroxylation is 1. The van der Waals surface area contributed by atoms with Gasteiger partial charge in [0.15, 0.2) is 0 Å². The Morgan fingerprint density at radius 2 is 2.40 bits per heavy atom. The zero-order valence-electron chi connectivity index (χ0n) is 9.12. The van der Waals surface area contributed by atoms with Gasteiger partial charge in [0, 0.05) is 30.3 Å². The molecule has 1 aromatic rings. The molecule has 0 saturated carbocycles. The van der Waals surface area contributed by atoms with Crippen LogP contribution in [0.2, 0.25) is 0 Å². The molecular weight excluding hydrogens is 252 g/mol. The molecule has 0 N–H and O–H groups in total. The lowest BCUT2D eigenvalue weighted by atomic mass is 10.2. The van der Waals surface area contributed by atoms with E-state index >= 15 is 0 Å². The van der Waals surface area contributed by atoms with Gasteiger partial charge in [0.25, 0.3) is 0 Å². The predicted molar refractivity (Wildman–Crippen MR) is 66.2 cm³/mol. The number of rotatable bonds is 3. The maximum atomic E-state index is 4.24. The summed E-state index contributed by atoms with van der Waals surface area (Å²) in [4.78, 5) is 6.79. The molecule has 1 atom stereocenters. The van der Waals surface area contributed by atoms with Crippen molar-refractivity contribution in [2.24, 2.45) is 0 Å². The van der Waals surface area contributed by atoms with Crippen LogP contribution in [-0.2, 0) is 6.54 Å². The van der Waals surface area contributed by atoms with E-state index in [1.54, 1.807) is 0 Å². The predicted octanol–water partition coefficient (Wildman–Crippen LogP) is 2.75. The van der Waals surface area contributed by atoms with E-state index in [0.29, 0.717) is 6.04 Å². The first kappa shape index (κ1) is 11.1. The van der Waals surface area contributed by atoms with Crippen molar-refractivity contribution in [3.05, 3.63) is 29.6 Å². The normalized spacial score (nSPS) is 22.1. The van der Waals surface area contributed by atoms with Crippen molar-refractivity contribution in [3.63, 3.8) is 0 Å². The third-order valence-corrected chi connectivity index (χ3v) is 3.74. The molecule has 1 aromatic heterocycles. The maximum Gasteiger partial charge on any atom is 0.0313 e. The number of aromatic nitrogens is 1. The van der Waals surface area contributed by atoms with E-state index in [1.165, 1.54) is 30.5 Å². The Labute approximate surface area is 99.8 Å². The molecule has 1 aliphatic heterocycles. The minimum atomic E-state index is 0.713. The first-order valence-corrected chi connectivity index (χ1v) is 6.62. The third kappa shape index (κ3) is 2.79. The van der Waals surface area contributed by atoms with Gasteiger partial charge in [-0.15, -0.1) is 0 Å². The van der Waals surface area contributed by atoms with E-state index in [1.807, 2.05) is 12.4 Å². The Kier molecular flexibility index (Phi) is 3.76. The van der Waals surface area contributed by atoms with Crippen LogP contribution in [0, 0.1) is 6.92 Å². The number of alkyl halides is 1. The largest absolute Gasteiger partial charge is 0.295 e. The first-order valence-electron chi connectivity index (χ1n) is 5.50. The van der Waals surface area contributed by atoms with Crippen LogP contribution in [-0.4, -0.2) is 27.8 Å². The minimum absolute atomic E-state index is 0.713. The second-order valence-electron chi connectivity index (χ2n) is 4.29. The summed E-state index contributed by atoms with van der Waals surface area (Å²) in [5, 5.41) is 1.09. The lowest BCUT2D eigenvalue weighted by molar-refractivity contribution is 0.264. The summed E-state index contributed by atoms with van der Waals surface area (Å²) in [5.74, 6) is 0. The third-order valence-electron chi connectivity index (χ3n) is 2.99. The highest BCUT2D eigenvalue weighted by atomic mass is 79.9. The Morgan fingerprint density at radius 3 is 3.13 bits per heavy atom. The van der Waals surface area contributed by atoms with Crippen LogP contribution < -0.4 is 0 Å². The highest BCUT2D eigenvalue weighted by molar-refractivity contribution is 9.09. The van der Waals surface area contributed by atoms with Crippen LogP contribution >= 0.6 is 15.9 Å². The van der Waals surface area contributed by atoms with Crippen molar-refractivity contribution in [3.8, 4) is 0 Å². The van der Waals surface area contributed by atoms with Crippen LogP contribution in [0.1, 0.15) is 24.0 Å². The van der Waals surface area contributed by atoms with Gasteiger partial charge in [-0.2, -0.15) is 0 Å². The summed E-state index contributed by atoms with van der Waals surface area (Å²) in [6.07, 6.45) is 6.55. The van der Waals surface area contributed by atoms with Gasteiger partial charge in [-0.25, -0.2) is 0 Å². The molecule has 0 aliphatic carbocycles. The van der Waals surface area contributed by atoms with Crippen LogP contribution in [0.4, 0.5) is 0 Å². The average Bonchev–Trinajstić information content (AvgIpc) is 2.65. The number of pyridine rings is 1. The first-order chi connectivity index (χ1) is 7.29. The smallest absolute Gasteiger partial charge is 0.0313 e. The lowest BCUT2D eigenvalue weighted by Crippen LogP contribution is -2.30. The molecule has 1 aliphatic rings. The van der Waals surface area contributed by atoms with Gasteiger partial charge >= 0.3 is 0 Å². The SMILES string of the molecule is Cc1cncc(CN2CCCC2CBr)c1. The van der Waals surface area contributed by atoms with E-state index in [2.05, 4.69) is 38.8 Å². The van der Waals surface area contributed by atoms with E-state index in [4.69, 9.17) is 0 Å². The fraction of sp³-hybridized carbons (Fsp3) is 0.583. The standard InChI is InChI=1S/C12H17BrN2/c1-10-5-11(8-14-7-10)9-15-4-2-3-12(15)6-13/h5,7-8,12H,2-4,6,9H2,1H3. The topological polar surface area (TPSA) is 16.1 Å². The van der Waals surface area contributed by atoms with Gasteiger partial charge in [-0.05, 0) is 37.4 Å². The van der Waals surface area contributed by atoms with Gasteiger partial charge in [0.05, 0.1) is 0 Å². The van der Waals surface area contributed by atoms with Crippen molar-refractivity contribution in [2.45, 2.75) is 32.4 Å². The highest BCUT2D eigenvalue weighted by Gasteiger charge is 2.23. The van der Waals surface area contributed by atoms with Crippen molar-refractivity contribution in [2.75, 3.05) is 11.9 Å². The molecule has 0 amide bonds. The fourth-order valence-corrected chi connectivity index (χ4v) is 2.95. The monoisotopic (exact) mass is 268 g/mol. The molecule has 1 saturated heterocycles. The molecule has 82 valence electrons. The van der Waals surface area contributed by atoms with E-state index in [0.717, 1.165) is 11.9 Å². The van der Waals surface area contributed by atoms with Gasteiger partial charge < -0.3 is 0 Å². The van der Waals surface area contributed by atoms with Gasteiger partial charge in [-0.1, -0.05) is 22.0 Å². The fourth-order valence-electron chi connectivity index (χ4n) is 2.22. The molecule has 15 heavy (non-hydrogen) atoms. The molecule has 3 heteroatoms. The minimum Gasteiger partial charge on any atom is -0.295 e. The van der Waals surface area contributed by atoms with Crippen molar-refractivity contribution >= 4 is 15.9 Å². The van der Waals surface area contributed by atoms with E-state index < -0.39 is 0 Å². The van der Waals surface area contributed by atoms with Gasteiger partial charge in [0.2, 0.25) is 0 Å². The Balaban J connectivity index is 2.02. The molecule has 1 fully saturated rings. The van der Waals surface area contributed by atoms with Gasteiger partial charge in [-0.3, -0.25) is 9.88 Å². The summed E-state index contributed by atoms with van der Waals surface area (Å²) in [6, 6.07) is 2.95. The molecule has 0 aromatic carbocycles. The molecule has 0 spiro atoms. The Morgan fingerprint density at radius 1 is 1.53 bits per heavy atom. The number of likely N-dealkylation sites (tertiary alicyclic amines) is 1. The van der Waals surface area contributed by atoms with Crippen molar-refractivity contribution < 1.29 is 0 Å². The molecule has 0 bridgehead atoms. The van der Waals surface area contributed by atoms with E-state index in [-0.39, 0.29) is 0 Å². The van der Waals surface area contributed by atoms with Crippen LogP contribution in [0.5, 0.6) is 0 Å². The maximum absolute atomic E-state index is 4.24. The quantitative estimate of drug-likeness (QED) is 0.784. The molecule has 2 heterocycles. The van der Waals surface area contributed by atoms with Crippen LogP contribution in [0.15, 0.2) is 18.5 Å². The Bertz CT molecular complexity index is 327. The summed E-state index contributed by atoms with van der Waals surface area (Å²) in [5.41, 5.74) is 2.59. The second kappa shape index (κ2) is 5.08. The molecular formula is C12H17BrN2. The van der Waals surface area contributed by atoms with Crippen molar-refractivity contribution in [1.29, 1.82) is 0 Å². The summed E-state index contributed by atoms with van der Waals surface area (Å²) in [7, 11) is 0. The molecule has 2 nitrogen and oxygen atoms in total. The number of halogens is 1. The Hall–Kier alpha value is -0.410. The van der Waals surface area contributed by atoms with Crippen LogP contribution in [0.25, 0.3) is 0 Å². The van der Waals surface area contributed by atoms with Gasteiger partial charge in [0.1, 0.15) is 0 Å². The lowest BCUT2D eigenvalue weighted by Gasteiger charge is -2.22. The highest BCUT2D eigenvalue weighted by Crippen LogP contribution is 2.21. The van der Waals surface area contributed by atoms with Crippen molar-refractivity contribution in [1.82, 2.24) is 9.88 Å². The second-order valence-corrected chi connectivity index (χ2v) is 4.94. The summed E-state index contributed by atoms with van der Waals surface area (Å²) >= 11 is 3.59. The zero-order chi connectivity index (χ0) is 10.7. The molecule has 2 rings (SSSR count). The molecule has 0 radical (unpaired) electrons. The summed E-state index contributed by atoms with van der Waals surface area (Å²) in [6.45, 7) is 4.37. The zero-order valence-corrected chi connectivity index (χ0v) is 10.7. The van der Waals surface area contributed by atoms with Crippen LogP contribution in [0.3, 0.4) is 0 Å². The number of nitrogens with zero attached hydrogens (tertiary/aromatic N) is 2. The molecule has 1 unspecified atom stereocenters. The van der Waals surface area contributed by atoms with E-state index in [9.17, 15) is 0 Å². The number of hydrogen-bond donors (Lipinski definition) is 0. The summed E-state index contributed by atoms with van der Waals surface area (Å²) < 4.78 is 0. The number of hydrogen-bond acceptors (Lipinski definition) is 2. The average molecular weight is 269 g/mol.